The molecule has 0 heterocycles. The fourth-order valence-corrected chi connectivity index (χ4v) is 3.88. The van der Waals surface area contributed by atoms with Crippen LogP contribution in [0.3, 0.4) is 0 Å². The summed E-state index contributed by atoms with van der Waals surface area (Å²) in [7, 11) is 0. The van der Waals surface area contributed by atoms with Crippen molar-refractivity contribution in [1.82, 2.24) is 0 Å². The van der Waals surface area contributed by atoms with Gasteiger partial charge in [0.15, 0.2) is 0 Å². The number of hydrogen-bond acceptors (Lipinski definition) is 5. The molecule has 39 heavy (non-hydrogen) atoms. The normalized spacial score (nSPS) is 11.2. The second-order valence-electron chi connectivity index (χ2n) is 9.76. The van der Waals surface area contributed by atoms with Crippen LogP contribution in [0.2, 0.25) is 0 Å². The summed E-state index contributed by atoms with van der Waals surface area (Å²) in [4.78, 5) is 23.0. The van der Waals surface area contributed by atoms with E-state index in [0.29, 0.717) is 24.5 Å². The number of carbonyl (C=O) groups excluding carboxylic acids is 1. The van der Waals surface area contributed by atoms with Gasteiger partial charge < -0.3 is 19.3 Å². The van der Waals surface area contributed by atoms with E-state index in [1.165, 1.54) is 32.1 Å². The highest BCUT2D eigenvalue weighted by Crippen LogP contribution is 2.18. The molecule has 0 saturated carbocycles. The van der Waals surface area contributed by atoms with E-state index in [0.717, 1.165) is 50.7 Å². The lowest BCUT2D eigenvalue weighted by molar-refractivity contribution is 0.0266. The van der Waals surface area contributed by atoms with Gasteiger partial charge in [0.05, 0.1) is 24.3 Å². The molecule has 0 aromatic heterocycles. The van der Waals surface area contributed by atoms with Gasteiger partial charge >= 0.3 is 11.9 Å². The van der Waals surface area contributed by atoms with Crippen LogP contribution in [-0.2, 0) is 4.74 Å². The van der Waals surface area contributed by atoms with Crippen molar-refractivity contribution in [3.8, 4) is 11.5 Å². The highest BCUT2D eigenvalue weighted by atomic mass is 16.5. The fraction of sp³-hybridized carbons (Fsp3) is 0.576. The fourth-order valence-electron chi connectivity index (χ4n) is 3.88. The summed E-state index contributed by atoms with van der Waals surface area (Å²) in [6.07, 6.45) is 13.3. The molecule has 0 spiro atoms. The minimum absolute atomic E-state index is 0.0164. The Hall–Kier alpha value is -3.02. The lowest BCUT2D eigenvalue weighted by Gasteiger charge is -2.16. The zero-order chi connectivity index (χ0) is 28.7. The smallest absolute Gasteiger partial charge is 0.338 e. The largest absolute Gasteiger partial charge is 0.494 e. The maximum absolute atomic E-state index is 12.3. The quantitative estimate of drug-likeness (QED) is 0.141. The molecule has 218 valence electrons. The number of benzene rings is 2. The molecule has 0 radical (unpaired) electrons. The number of carboxylic acids is 1. The van der Waals surface area contributed by atoms with Crippen molar-refractivity contribution < 1.29 is 28.9 Å². The molecule has 2 aromatic rings. The Morgan fingerprint density at radius 3 is 1.77 bits per heavy atom. The second kappa shape index (κ2) is 21.9. The van der Waals surface area contributed by atoms with Crippen LogP contribution in [0.25, 0.3) is 0 Å². The number of esters is 1. The number of unbranched alkanes of at least 4 members (excludes halogenated alkanes) is 7. The molecule has 0 fully saturated rings. The zero-order valence-corrected chi connectivity index (χ0v) is 24.6. The molecule has 0 amide bonds. The van der Waals surface area contributed by atoms with Gasteiger partial charge in [-0.3, -0.25) is 0 Å². The van der Waals surface area contributed by atoms with Gasteiger partial charge in [-0.15, -0.1) is 0 Å². The van der Waals surface area contributed by atoms with Crippen molar-refractivity contribution in [2.75, 3.05) is 13.2 Å². The maximum atomic E-state index is 12.3. The third kappa shape index (κ3) is 15.9. The van der Waals surface area contributed by atoms with E-state index in [2.05, 4.69) is 27.7 Å². The van der Waals surface area contributed by atoms with Crippen molar-refractivity contribution >= 4 is 11.9 Å². The topological polar surface area (TPSA) is 82.1 Å². The van der Waals surface area contributed by atoms with Crippen LogP contribution in [0, 0.1) is 0 Å². The molecule has 2 aromatic carbocycles. The predicted octanol–water partition coefficient (Wildman–Crippen LogP) is 9.12. The molecule has 0 saturated heterocycles. The molecule has 6 heteroatoms. The Morgan fingerprint density at radius 1 is 0.692 bits per heavy atom. The van der Waals surface area contributed by atoms with Crippen LogP contribution in [0.1, 0.15) is 125 Å². The predicted molar refractivity (Wildman–Crippen MR) is 158 cm³/mol. The van der Waals surface area contributed by atoms with Gasteiger partial charge in [0.2, 0.25) is 0 Å². The summed E-state index contributed by atoms with van der Waals surface area (Å²) in [6, 6.07) is 13.9. The van der Waals surface area contributed by atoms with E-state index in [4.69, 9.17) is 19.3 Å². The summed E-state index contributed by atoms with van der Waals surface area (Å²) in [5, 5.41) is 8.76. The number of hydrogen-bond donors (Lipinski definition) is 1. The average molecular weight is 543 g/mol. The van der Waals surface area contributed by atoms with Gasteiger partial charge in [0, 0.05) is 0 Å². The molecule has 6 nitrogen and oxygen atoms in total. The molecular weight excluding hydrogens is 492 g/mol. The Kier molecular flexibility index (Phi) is 19.1. The Morgan fingerprint density at radius 2 is 1.21 bits per heavy atom. The number of aromatic carboxylic acids is 1. The van der Waals surface area contributed by atoms with Crippen LogP contribution < -0.4 is 9.47 Å². The standard InChI is InChI=1S/C21H34O3.C12H16O3/c1-4-7-9-11-16-23-20-15-12-13-18(17-20)21(22)24-19(6-3)14-10-8-5-2;1-2-3-4-8-15-11-7-5-6-10(9-11)12(13)14/h12-13,15,17,19H,4-11,14,16H2,1-3H3;5-7,9H,2-4,8H2,1H3,(H,13,14). The van der Waals surface area contributed by atoms with E-state index < -0.39 is 5.97 Å². The van der Waals surface area contributed by atoms with Crippen molar-refractivity contribution in [2.24, 2.45) is 0 Å². The SMILES string of the molecule is CCCCCCOc1cccc(C(=O)OC(CC)CCCCC)c1.CCCCCOc1cccc(C(=O)O)c1. The molecule has 1 unspecified atom stereocenters. The second-order valence-corrected chi connectivity index (χ2v) is 9.76. The minimum atomic E-state index is -0.922. The van der Waals surface area contributed by atoms with Crippen molar-refractivity contribution in [3.05, 3.63) is 59.7 Å². The first-order chi connectivity index (χ1) is 18.9. The molecule has 0 bridgehead atoms. The Labute approximate surface area is 236 Å². The third-order valence-corrected chi connectivity index (χ3v) is 6.29. The zero-order valence-electron chi connectivity index (χ0n) is 24.6. The molecular formula is C33H50O6. The molecule has 0 aliphatic carbocycles. The van der Waals surface area contributed by atoms with Crippen LogP contribution in [0.5, 0.6) is 11.5 Å². The van der Waals surface area contributed by atoms with Crippen molar-refractivity contribution in [2.45, 2.75) is 111 Å². The van der Waals surface area contributed by atoms with Crippen LogP contribution in [0.15, 0.2) is 48.5 Å². The number of rotatable bonds is 19. The molecule has 0 aliphatic heterocycles. The van der Waals surface area contributed by atoms with Gasteiger partial charge in [-0.05, 0) is 68.5 Å². The first-order valence-corrected chi connectivity index (χ1v) is 14.8. The summed E-state index contributed by atoms with van der Waals surface area (Å²) >= 11 is 0. The summed E-state index contributed by atoms with van der Waals surface area (Å²) in [5.74, 6) is 0.217. The lowest BCUT2D eigenvalue weighted by atomic mass is 10.1. The highest BCUT2D eigenvalue weighted by molar-refractivity contribution is 5.90. The molecule has 1 N–H and O–H groups in total. The Bertz CT molecular complexity index is 926. The van der Waals surface area contributed by atoms with E-state index in [1.54, 1.807) is 36.4 Å². The van der Waals surface area contributed by atoms with Crippen LogP contribution in [0.4, 0.5) is 0 Å². The number of ether oxygens (including phenoxy) is 3. The molecule has 2 rings (SSSR count). The van der Waals surface area contributed by atoms with Crippen molar-refractivity contribution in [1.29, 1.82) is 0 Å². The Balaban J connectivity index is 0.000000434. The highest BCUT2D eigenvalue weighted by Gasteiger charge is 2.15. The van der Waals surface area contributed by atoms with Gasteiger partial charge in [-0.25, -0.2) is 9.59 Å². The molecule has 0 aliphatic rings. The average Bonchev–Trinajstić information content (AvgIpc) is 2.95. The van der Waals surface area contributed by atoms with Gasteiger partial charge in [-0.2, -0.15) is 0 Å². The van der Waals surface area contributed by atoms with Gasteiger partial charge in [-0.1, -0.05) is 84.8 Å². The summed E-state index contributed by atoms with van der Waals surface area (Å²) in [5.41, 5.74) is 0.845. The van der Waals surface area contributed by atoms with E-state index in [1.807, 2.05) is 12.1 Å². The number of carboxylic acid groups (broad SMARTS) is 1. The number of carbonyl (C=O) groups is 2. The lowest BCUT2D eigenvalue weighted by Crippen LogP contribution is -2.17. The van der Waals surface area contributed by atoms with E-state index in [-0.39, 0.29) is 17.6 Å². The first-order valence-electron chi connectivity index (χ1n) is 14.8. The van der Waals surface area contributed by atoms with Gasteiger partial charge in [0.25, 0.3) is 0 Å². The monoisotopic (exact) mass is 542 g/mol. The maximum Gasteiger partial charge on any atom is 0.338 e. The van der Waals surface area contributed by atoms with Crippen LogP contribution >= 0.6 is 0 Å². The van der Waals surface area contributed by atoms with Crippen LogP contribution in [-0.4, -0.2) is 36.4 Å². The van der Waals surface area contributed by atoms with Gasteiger partial charge in [0.1, 0.15) is 17.6 Å². The van der Waals surface area contributed by atoms with E-state index >= 15 is 0 Å². The van der Waals surface area contributed by atoms with Crippen molar-refractivity contribution in [3.63, 3.8) is 0 Å². The van der Waals surface area contributed by atoms with E-state index in [9.17, 15) is 9.59 Å². The molecule has 1 atom stereocenters. The first kappa shape index (κ1) is 34.0. The summed E-state index contributed by atoms with van der Waals surface area (Å²) < 4.78 is 16.8. The summed E-state index contributed by atoms with van der Waals surface area (Å²) in [6.45, 7) is 9.93. The third-order valence-electron chi connectivity index (χ3n) is 6.29. The minimum Gasteiger partial charge on any atom is -0.494 e.